The number of anilines is 1. The highest BCUT2D eigenvalue weighted by Crippen LogP contribution is 2.52. The first kappa shape index (κ1) is 33.6. The molecule has 1 saturated carbocycles. The van der Waals surface area contributed by atoms with Gasteiger partial charge in [0.1, 0.15) is 17.2 Å². The van der Waals surface area contributed by atoms with Crippen LogP contribution in [0.4, 0.5) is 10.8 Å². The van der Waals surface area contributed by atoms with E-state index in [0.717, 1.165) is 42.7 Å². The molecule has 0 bridgehead atoms. The molecule has 0 aromatic carbocycles. The van der Waals surface area contributed by atoms with Crippen LogP contribution in [0.25, 0.3) is 5.70 Å². The SMILES string of the molecule is C[C@H](Oc1cc(N=CC=C(N)C(=O)NC2(C)COC2)nc(C(N)=C2CCC[C@@]3(CCCc4sc(N)c(C#N)c43)C2=O)n1)[C@@H]1CCCN1C. The minimum atomic E-state index is -0.854. The summed E-state index contributed by atoms with van der Waals surface area (Å²) in [6.07, 6.45) is 8.72. The van der Waals surface area contributed by atoms with Crippen LogP contribution in [0.1, 0.15) is 80.6 Å². The highest BCUT2D eigenvalue weighted by atomic mass is 32.1. The third-order valence-corrected chi connectivity index (χ3v) is 11.1. The number of nitrogens with one attached hydrogen (secondary N) is 1. The van der Waals surface area contributed by atoms with Crippen LogP contribution in [0, 0.1) is 11.3 Å². The Morgan fingerprint density at radius 1 is 1.27 bits per heavy atom. The fourth-order valence-corrected chi connectivity index (χ4v) is 8.63. The number of carbonyl (C=O) groups excluding carboxylic acids is 2. The van der Waals surface area contributed by atoms with Crippen LogP contribution in [-0.2, 0) is 26.2 Å². The summed E-state index contributed by atoms with van der Waals surface area (Å²) in [4.78, 5) is 44.1. The Labute approximate surface area is 284 Å². The number of ketones is 1. The molecule has 6 rings (SSSR count). The average Bonchev–Trinajstić information content (AvgIpc) is 3.63. The van der Waals surface area contributed by atoms with E-state index in [0.29, 0.717) is 55.0 Å². The first-order valence-corrected chi connectivity index (χ1v) is 17.3. The first-order valence-electron chi connectivity index (χ1n) is 16.5. The molecule has 3 fully saturated rings. The van der Waals surface area contributed by atoms with E-state index >= 15 is 0 Å². The van der Waals surface area contributed by atoms with E-state index in [1.54, 1.807) is 6.07 Å². The van der Waals surface area contributed by atoms with Crippen molar-refractivity contribution in [3.8, 4) is 11.9 Å². The Bertz CT molecular complexity index is 1750. The molecule has 1 amide bonds. The number of hydrogen-bond donors (Lipinski definition) is 4. The van der Waals surface area contributed by atoms with E-state index < -0.39 is 16.9 Å². The molecule has 2 aromatic rings. The minimum absolute atomic E-state index is 0.0205. The van der Waals surface area contributed by atoms with E-state index in [-0.39, 0.29) is 46.8 Å². The normalized spacial score (nSPS) is 25.8. The van der Waals surface area contributed by atoms with Gasteiger partial charge in [-0.15, -0.1) is 11.3 Å². The van der Waals surface area contributed by atoms with Gasteiger partial charge in [0.05, 0.1) is 41.1 Å². The van der Waals surface area contributed by atoms with E-state index in [2.05, 4.69) is 38.3 Å². The summed E-state index contributed by atoms with van der Waals surface area (Å²) in [5.74, 6) is 0.0948. The second kappa shape index (κ2) is 13.3. The number of allylic oxidation sites excluding steroid dienone is 2. The third kappa shape index (κ3) is 6.29. The lowest BCUT2D eigenvalue weighted by Crippen LogP contribution is -2.60. The van der Waals surface area contributed by atoms with Crippen molar-refractivity contribution in [1.82, 2.24) is 20.2 Å². The molecule has 0 unspecified atom stereocenters. The van der Waals surface area contributed by atoms with Gasteiger partial charge >= 0.3 is 0 Å². The van der Waals surface area contributed by atoms with Gasteiger partial charge in [0.2, 0.25) is 5.88 Å². The van der Waals surface area contributed by atoms with Crippen molar-refractivity contribution in [1.29, 1.82) is 5.26 Å². The number of likely N-dealkylation sites (tertiary alicyclic amines) is 1. The lowest BCUT2D eigenvalue weighted by Gasteiger charge is -2.40. The summed E-state index contributed by atoms with van der Waals surface area (Å²) >= 11 is 1.41. The van der Waals surface area contributed by atoms with Gasteiger partial charge in [0, 0.05) is 28.8 Å². The second-order valence-corrected chi connectivity index (χ2v) is 14.7. The molecule has 48 heavy (non-hydrogen) atoms. The number of nitrogens with zero attached hydrogens (tertiary/aromatic N) is 5. The van der Waals surface area contributed by atoms with Gasteiger partial charge in [-0.05, 0) is 90.4 Å². The number of aromatic nitrogens is 2. The quantitative estimate of drug-likeness (QED) is 0.237. The number of aliphatic imine (C=N–C) groups is 1. The fraction of sp³-hybridized carbons (Fsp3) is 0.529. The van der Waals surface area contributed by atoms with Gasteiger partial charge < -0.3 is 32.0 Å². The number of likely N-dealkylation sites (N-methyl/N-ethyl adjacent to an activating group) is 1. The Morgan fingerprint density at radius 3 is 2.69 bits per heavy atom. The molecule has 3 atom stereocenters. The largest absolute Gasteiger partial charge is 0.473 e. The highest BCUT2D eigenvalue weighted by Gasteiger charge is 2.49. The number of nitrogen functional groups attached to an aromatic ring is 1. The maximum absolute atomic E-state index is 14.5. The number of nitrogens with two attached hydrogens (primary N) is 3. The van der Waals surface area contributed by atoms with E-state index in [1.807, 2.05) is 13.8 Å². The number of amides is 1. The molecular weight excluding hydrogens is 630 g/mol. The number of Topliss-reactive ketones (excluding diaryl/α,β-unsaturated/α-hetero) is 1. The van der Waals surface area contributed by atoms with Crippen molar-refractivity contribution < 1.29 is 19.1 Å². The number of nitriles is 1. The van der Waals surface area contributed by atoms with E-state index in [1.165, 1.54) is 23.6 Å². The molecule has 7 N–H and O–H groups in total. The fourth-order valence-electron chi connectivity index (χ4n) is 7.47. The van der Waals surface area contributed by atoms with Crippen molar-refractivity contribution in [2.75, 3.05) is 32.5 Å². The number of aryl methyl sites for hydroxylation is 1. The molecule has 1 spiro atoms. The lowest BCUT2D eigenvalue weighted by atomic mass is 9.61. The van der Waals surface area contributed by atoms with E-state index in [9.17, 15) is 14.9 Å². The molecule has 4 heterocycles. The third-order valence-electron chi connectivity index (χ3n) is 10.0. The molecule has 254 valence electrons. The molecule has 2 aliphatic heterocycles. The number of carbonyl (C=O) groups is 2. The summed E-state index contributed by atoms with van der Waals surface area (Å²) in [6, 6.07) is 4.08. The summed E-state index contributed by atoms with van der Waals surface area (Å²) in [5.41, 5.74) is 19.5. The number of ether oxygens (including phenoxy) is 2. The second-order valence-electron chi connectivity index (χ2n) is 13.6. The Morgan fingerprint density at radius 2 is 2.02 bits per heavy atom. The summed E-state index contributed by atoms with van der Waals surface area (Å²) in [5, 5.41) is 13.3. The molecule has 13 nitrogen and oxygen atoms in total. The van der Waals surface area contributed by atoms with Crippen molar-refractivity contribution in [3.05, 3.63) is 45.2 Å². The van der Waals surface area contributed by atoms with Gasteiger partial charge in [-0.25, -0.2) is 9.98 Å². The Kier molecular flexibility index (Phi) is 9.30. The van der Waals surface area contributed by atoms with Crippen LogP contribution in [0.15, 0.2) is 28.4 Å². The van der Waals surface area contributed by atoms with Crippen LogP contribution >= 0.6 is 11.3 Å². The lowest BCUT2D eigenvalue weighted by molar-refractivity contribution is -0.127. The van der Waals surface area contributed by atoms with Crippen LogP contribution in [0.3, 0.4) is 0 Å². The first-order chi connectivity index (χ1) is 22.9. The molecule has 2 aromatic heterocycles. The number of rotatable bonds is 8. The van der Waals surface area contributed by atoms with Crippen LogP contribution in [-0.4, -0.2) is 77.3 Å². The van der Waals surface area contributed by atoms with Gasteiger partial charge in [-0.2, -0.15) is 10.2 Å². The minimum Gasteiger partial charge on any atom is -0.473 e. The van der Waals surface area contributed by atoms with Crippen molar-refractivity contribution in [3.63, 3.8) is 0 Å². The maximum Gasteiger partial charge on any atom is 0.267 e. The van der Waals surface area contributed by atoms with Crippen LogP contribution in [0.2, 0.25) is 0 Å². The van der Waals surface area contributed by atoms with Crippen LogP contribution in [0.5, 0.6) is 5.88 Å². The number of hydrogen-bond acceptors (Lipinski definition) is 13. The monoisotopic (exact) mass is 673 g/mol. The zero-order valence-electron chi connectivity index (χ0n) is 27.7. The zero-order chi connectivity index (χ0) is 34.2. The average molecular weight is 674 g/mol. The van der Waals surface area contributed by atoms with Crippen LogP contribution < -0.4 is 27.3 Å². The summed E-state index contributed by atoms with van der Waals surface area (Å²) in [6.45, 7) is 5.72. The summed E-state index contributed by atoms with van der Waals surface area (Å²) in [7, 11) is 2.08. The van der Waals surface area contributed by atoms with Crippen molar-refractivity contribution in [2.24, 2.45) is 16.5 Å². The number of thiophene rings is 1. The van der Waals surface area contributed by atoms with Crippen molar-refractivity contribution >= 4 is 45.8 Å². The summed E-state index contributed by atoms with van der Waals surface area (Å²) < 4.78 is 11.5. The predicted molar refractivity (Wildman–Crippen MR) is 184 cm³/mol. The maximum atomic E-state index is 14.5. The predicted octanol–water partition coefficient (Wildman–Crippen LogP) is 3.00. The molecular formula is C34H43N9O4S. The standard InChI is InChI=1S/C34H43N9O4S/c1-19(23-8-6-14-43(23)3)47-26-15-25(39-13-10-22(36)32(45)42-33(2)17-46-18-33)40-31(41-26)28(37)20-7-4-11-34(29(20)44)12-5-9-24-27(34)21(16-35)30(38)48-24/h10,13,15,19,23H,4-9,11-12,14,17-18,36-38H2,1-3H3,(H,42,45)/t19-,23-,34-/m0/s1. The van der Waals surface area contributed by atoms with Gasteiger partial charge in [-0.1, -0.05) is 0 Å². The molecule has 4 aliphatic rings. The highest BCUT2D eigenvalue weighted by molar-refractivity contribution is 7.16. The number of fused-ring (bicyclic) bond motifs is 2. The molecule has 2 saturated heterocycles. The van der Waals surface area contributed by atoms with Gasteiger partial charge in [-0.3, -0.25) is 14.5 Å². The smallest absolute Gasteiger partial charge is 0.267 e. The van der Waals surface area contributed by atoms with Gasteiger partial charge in [0.25, 0.3) is 5.91 Å². The molecule has 14 heteroatoms. The molecule has 0 radical (unpaired) electrons. The Balaban J connectivity index is 1.34. The van der Waals surface area contributed by atoms with E-state index in [4.69, 9.17) is 26.7 Å². The van der Waals surface area contributed by atoms with Gasteiger partial charge in [0.15, 0.2) is 17.4 Å². The van der Waals surface area contributed by atoms with Crippen molar-refractivity contribution in [2.45, 2.75) is 88.3 Å². The Hall–Kier alpha value is -4.32. The molecule has 2 aliphatic carbocycles. The topological polar surface area (TPSA) is 208 Å². The zero-order valence-corrected chi connectivity index (χ0v) is 28.5.